The van der Waals surface area contributed by atoms with Crippen LogP contribution in [-0.4, -0.2) is 9.55 Å². The summed E-state index contributed by atoms with van der Waals surface area (Å²) in [5.74, 6) is 0.844. The zero-order valence-electron chi connectivity index (χ0n) is 9.96. The molecular weight excluding hydrogens is 258 g/mol. The number of nitrogens with zero attached hydrogens (tertiary/aromatic N) is 2. The summed E-state index contributed by atoms with van der Waals surface area (Å²) in [4.78, 5) is 4.17. The summed E-state index contributed by atoms with van der Waals surface area (Å²) in [6.45, 7) is 2.91. The summed E-state index contributed by atoms with van der Waals surface area (Å²) in [7, 11) is 0. The molecule has 1 aromatic heterocycles. The van der Waals surface area contributed by atoms with Crippen molar-refractivity contribution in [3.8, 4) is 0 Å². The Balaban J connectivity index is 2.14. The quantitative estimate of drug-likeness (QED) is 0.778. The Kier molecular flexibility index (Phi) is 2.77. The molecule has 0 radical (unpaired) electrons. The summed E-state index contributed by atoms with van der Waals surface area (Å²) in [5.41, 5.74) is 0.711. The number of aromatic nitrogens is 2. The van der Waals surface area contributed by atoms with E-state index in [1.54, 1.807) is 0 Å². The average Bonchev–Trinajstić information content (AvgIpc) is 2.88. The molecule has 0 aliphatic heterocycles. The van der Waals surface area contributed by atoms with E-state index in [2.05, 4.69) is 11.9 Å². The van der Waals surface area contributed by atoms with Crippen molar-refractivity contribution in [3.63, 3.8) is 0 Å². The van der Waals surface area contributed by atoms with E-state index < -0.39 is 11.6 Å². The van der Waals surface area contributed by atoms with Crippen LogP contribution >= 0.6 is 11.6 Å². The third kappa shape index (κ3) is 1.88. The second kappa shape index (κ2) is 4.19. The number of hydrogen-bond donors (Lipinski definition) is 0. The highest BCUT2D eigenvalue weighted by Crippen LogP contribution is 2.40. The third-order valence-corrected chi connectivity index (χ3v) is 3.90. The molecule has 1 aliphatic rings. The van der Waals surface area contributed by atoms with Crippen molar-refractivity contribution in [1.29, 1.82) is 0 Å². The molecule has 2 atom stereocenters. The Morgan fingerprint density at radius 3 is 2.78 bits per heavy atom. The predicted octanol–water partition coefficient (Wildman–Crippen LogP) is 3.71. The van der Waals surface area contributed by atoms with Gasteiger partial charge in [0.1, 0.15) is 17.2 Å². The molecule has 5 heteroatoms. The lowest BCUT2D eigenvalue weighted by molar-refractivity contribution is 0.581. The molecule has 0 bridgehead atoms. The molecule has 0 saturated heterocycles. The molecular formula is C13H13ClF2N2. The van der Waals surface area contributed by atoms with Gasteiger partial charge in [0.25, 0.3) is 0 Å². The summed E-state index contributed by atoms with van der Waals surface area (Å²) in [6.07, 6.45) is 1.15. The monoisotopic (exact) mass is 270 g/mol. The fourth-order valence-electron chi connectivity index (χ4n) is 2.39. The number of imidazole rings is 1. The van der Waals surface area contributed by atoms with Crippen LogP contribution in [0.1, 0.15) is 19.2 Å². The minimum atomic E-state index is -0.626. The number of fused-ring (bicyclic) bond motifs is 1. The fraction of sp³-hybridized carbons (Fsp3) is 0.462. The first kappa shape index (κ1) is 11.9. The maximum Gasteiger partial charge on any atom is 0.153 e. The summed E-state index contributed by atoms with van der Waals surface area (Å²) < 4.78 is 28.8. The molecule has 1 aliphatic carbocycles. The highest BCUT2D eigenvalue weighted by atomic mass is 35.5. The molecule has 18 heavy (non-hydrogen) atoms. The van der Waals surface area contributed by atoms with Crippen molar-refractivity contribution in [1.82, 2.24) is 9.55 Å². The topological polar surface area (TPSA) is 17.8 Å². The van der Waals surface area contributed by atoms with Crippen molar-refractivity contribution in [3.05, 3.63) is 29.6 Å². The van der Waals surface area contributed by atoms with Crippen molar-refractivity contribution in [2.45, 2.75) is 25.8 Å². The van der Waals surface area contributed by atoms with E-state index in [1.807, 2.05) is 4.57 Å². The van der Waals surface area contributed by atoms with E-state index >= 15 is 0 Å². The first-order chi connectivity index (χ1) is 8.60. The molecule has 1 aromatic carbocycles. The summed E-state index contributed by atoms with van der Waals surface area (Å²) in [6, 6.07) is 2.19. The van der Waals surface area contributed by atoms with Crippen molar-refractivity contribution in [2.75, 3.05) is 0 Å². The Hall–Kier alpha value is -1.16. The second-order valence-electron chi connectivity index (χ2n) is 5.00. The smallest absolute Gasteiger partial charge is 0.153 e. The van der Waals surface area contributed by atoms with Crippen LogP contribution in [0.3, 0.4) is 0 Å². The van der Waals surface area contributed by atoms with Crippen molar-refractivity contribution in [2.24, 2.45) is 11.8 Å². The van der Waals surface area contributed by atoms with E-state index in [0.29, 0.717) is 23.2 Å². The average molecular weight is 271 g/mol. The lowest BCUT2D eigenvalue weighted by Crippen LogP contribution is -2.05. The highest BCUT2D eigenvalue weighted by Gasteiger charge is 2.33. The normalized spacial score (nSPS) is 22.7. The lowest BCUT2D eigenvalue weighted by Gasteiger charge is -2.06. The molecule has 3 rings (SSSR count). The van der Waals surface area contributed by atoms with Crippen LogP contribution in [0, 0.1) is 23.5 Å². The molecule has 1 heterocycles. The minimum Gasteiger partial charge on any atom is -0.327 e. The molecule has 2 aromatic rings. The van der Waals surface area contributed by atoms with E-state index in [1.165, 1.54) is 6.07 Å². The second-order valence-corrected chi connectivity index (χ2v) is 5.27. The van der Waals surface area contributed by atoms with Crippen LogP contribution in [0.25, 0.3) is 11.0 Å². The van der Waals surface area contributed by atoms with Gasteiger partial charge >= 0.3 is 0 Å². The summed E-state index contributed by atoms with van der Waals surface area (Å²) >= 11 is 5.84. The van der Waals surface area contributed by atoms with Gasteiger partial charge in [0.05, 0.1) is 11.4 Å². The van der Waals surface area contributed by atoms with E-state index in [9.17, 15) is 8.78 Å². The van der Waals surface area contributed by atoms with Crippen molar-refractivity contribution < 1.29 is 8.78 Å². The van der Waals surface area contributed by atoms with Gasteiger partial charge in [0.2, 0.25) is 0 Å². The SMILES string of the molecule is CC1CC1Cn1c(CCl)nc2c(F)cc(F)cc21. The predicted molar refractivity (Wildman–Crippen MR) is 66.5 cm³/mol. The maximum atomic E-state index is 13.6. The lowest BCUT2D eigenvalue weighted by atomic mass is 10.2. The Morgan fingerprint density at radius 1 is 1.44 bits per heavy atom. The zero-order valence-corrected chi connectivity index (χ0v) is 10.7. The van der Waals surface area contributed by atoms with Crippen LogP contribution in [0.5, 0.6) is 0 Å². The fourth-order valence-corrected chi connectivity index (χ4v) is 2.60. The van der Waals surface area contributed by atoms with E-state index in [4.69, 9.17) is 11.6 Å². The summed E-state index contributed by atoms with van der Waals surface area (Å²) in [5, 5.41) is 0. The van der Waals surface area contributed by atoms with Gasteiger partial charge in [-0.3, -0.25) is 0 Å². The number of halogens is 3. The molecule has 1 saturated carbocycles. The van der Waals surface area contributed by atoms with Gasteiger partial charge in [-0.2, -0.15) is 0 Å². The first-order valence-electron chi connectivity index (χ1n) is 6.00. The maximum absolute atomic E-state index is 13.6. The Bertz CT molecular complexity index is 609. The highest BCUT2D eigenvalue weighted by molar-refractivity contribution is 6.16. The molecule has 0 N–H and O–H groups in total. The number of hydrogen-bond acceptors (Lipinski definition) is 1. The van der Waals surface area contributed by atoms with Crippen LogP contribution in [0.2, 0.25) is 0 Å². The minimum absolute atomic E-state index is 0.205. The van der Waals surface area contributed by atoms with Gasteiger partial charge in [-0.15, -0.1) is 11.6 Å². The van der Waals surface area contributed by atoms with Crippen LogP contribution in [0.15, 0.2) is 12.1 Å². The largest absolute Gasteiger partial charge is 0.327 e. The molecule has 1 fully saturated rings. The third-order valence-electron chi connectivity index (χ3n) is 3.66. The van der Waals surface area contributed by atoms with Gasteiger partial charge in [0, 0.05) is 12.6 Å². The van der Waals surface area contributed by atoms with Gasteiger partial charge in [-0.25, -0.2) is 13.8 Å². The van der Waals surface area contributed by atoms with Gasteiger partial charge in [0.15, 0.2) is 5.82 Å². The van der Waals surface area contributed by atoms with E-state index in [-0.39, 0.29) is 11.4 Å². The standard InChI is InChI=1S/C13H13ClF2N2/c1-7-2-8(7)6-18-11-4-9(15)3-10(16)13(11)17-12(18)5-14/h3-4,7-8H,2,5-6H2,1H3. The molecule has 0 spiro atoms. The van der Waals surface area contributed by atoms with Crippen LogP contribution in [0.4, 0.5) is 8.78 Å². The van der Waals surface area contributed by atoms with E-state index in [0.717, 1.165) is 19.0 Å². The van der Waals surface area contributed by atoms with Crippen LogP contribution < -0.4 is 0 Å². The Labute approximate surface area is 109 Å². The number of benzene rings is 1. The van der Waals surface area contributed by atoms with Gasteiger partial charge in [-0.1, -0.05) is 6.92 Å². The molecule has 96 valence electrons. The van der Waals surface area contributed by atoms with Crippen LogP contribution in [-0.2, 0) is 12.4 Å². The van der Waals surface area contributed by atoms with Gasteiger partial charge < -0.3 is 4.57 Å². The zero-order chi connectivity index (χ0) is 12.9. The number of rotatable bonds is 3. The molecule has 2 unspecified atom stereocenters. The van der Waals surface area contributed by atoms with Gasteiger partial charge in [-0.05, 0) is 24.3 Å². The Morgan fingerprint density at radius 2 is 2.17 bits per heavy atom. The molecule has 2 nitrogen and oxygen atoms in total. The first-order valence-corrected chi connectivity index (χ1v) is 6.53. The molecule has 0 amide bonds. The number of alkyl halides is 1. The van der Waals surface area contributed by atoms with Crippen molar-refractivity contribution >= 4 is 22.6 Å².